The maximum absolute atomic E-state index is 11.7. The average Bonchev–Trinajstić information content (AvgIpc) is 3.00. The third kappa shape index (κ3) is 5.48. The summed E-state index contributed by atoms with van der Waals surface area (Å²) < 4.78 is 10.3. The zero-order chi connectivity index (χ0) is 15.9. The molecule has 1 fully saturated rings. The highest BCUT2D eigenvalue weighted by atomic mass is 35.5. The van der Waals surface area contributed by atoms with E-state index in [9.17, 15) is 9.59 Å². The Bertz CT molecular complexity index is 544. The molecule has 1 N–H and O–H groups in total. The molecular weight excluding hydrogens is 329 g/mol. The molecule has 1 heterocycles. The van der Waals surface area contributed by atoms with Gasteiger partial charge in [-0.1, -0.05) is 29.3 Å². The van der Waals surface area contributed by atoms with Crippen LogP contribution in [0, 0.1) is 0 Å². The standard InChI is InChI=1S/C15H17Cl2NO4/c16-12-4-3-10(6-13(12)17)7-15(20)22-9-14(19)18-8-11-2-1-5-21-11/h3-4,6,11H,1-2,5,7-9H2,(H,18,19)/t11-/m1/s1. The topological polar surface area (TPSA) is 64.6 Å². The molecule has 1 aliphatic rings. The second-order valence-electron chi connectivity index (χ2n) is 5.03. The monoisotopic (exact) mass is 345 g/mol. The van der Waals surface area contributed by atoms with Crippen LogP contribution in [0.2, 0.25) is 10.0 Å². The molecule has 1 atom stereocenters. The smallest absolute Gasteiger partial charge is 0.310 e. The fraction of sp³-hybridized carbons (Fsp3) is 0.467. The second kappa shape index (κ2) is 8.36. The maximum atomic E-state index is 11.7. The third-order valence-corrected chi connectivity index (χ3v) is 3.99. The molecule has 0 bridgehead atoms. The van der Waals surface area contributed by atoms with Gasteiger partial charge in [-0.25, -0.2) is 0 Å². The van der Waals surface area contributed by atoms with Crippen molar-refractivity contribution in [1.82, 2.24) is 5.32 Å². The number of esters is 1. The average molecular weight is 346 g/mol. The van der Waals surface area contributed by atoms with Gasteiger partial charge in [0.25, 0.3) is 5.91 Å². The zero-order valence-corrected chi connectivity index (χ0v) is 13.5. The molecular formula is C15H17Cl2NO4. The Balaban J connectivity index is 1.68. The minimum absolute atomic E-state index is 0.0376. The lowest BCUT2D eigenvalue weighted by Crippen LogP contribution is -2.35. The Hall–Kier alpha value is -1.30. The van der Waals surface area contributed by atoms with Crippen molar-refractivity contribution < 1.29 is 19.1 Å². The van der Waals surface area contributed by atoms with Crippen LogP contribution in [0.5, 0.6) is 0 Å². The predicted molar refractivity (Wildman–Crippen MR) is 83.1 cm³/mol. The quantitative estimate of drug-likeness (QED) is 0.804. The van der Waals surface area contributed by atoms with Crippen molar-refractivity contribution in [2.24, 2.45) is 0 Å². The first-order valence-electron chi connectivity index (χ1n) is 7.02. The Morgan fingerprint density at radius 2 is 2.14 bits per heavy atom. The second-order valence-corrected chi connectivity index (χ2v) is 5.84. The minimum Gasteiger partial charge on any atom is -0.455 e. The molecule has 0 spiro atoms. The molecule has 7 heteroatoms. The summed E-state index contributed by atoms with van der Waals surface area (Å²) in [5.41, 5.74) is 0.680. The number of hydrogen-bond donors (Lipinski definition) is 1. The van der Waals surface area contributed by atoms with E-state index in [1.165, 1.54) is 0 Å². The van der Waals surface area contributed by atoms with Gasteiger partial charge >= 0.3 is 5.97 Å². The maximum Gasteiger partial charge on any atom is 0.310 e. The molecule has 1 saturated heterocycles. The molecule has 0 aromatic heterocycles. The van der Waals surface area contributed by atoms with E-state index in [1.54, 1.807) is 18.2 Å². The van der Waals surface area contributed by atoms with E-state index in [0.29, 0.717) is 22.2 Å². The van der Waals surface area contributed by atoms with Crippen LogP contribution in [0.4, 0.5) is 0 Å². The van der Waals surface area contributed by atoms with Crippen LogP contribution in [0.1, 0.15) is 18.4 Å². The number of nitrogens with one attached hydrogen (secondary N) is 1. The van der Waals surface area contributed by atoms with Gasteiger partial charge < -0.3 is 14.8 Å². The van der Waals surface area contributed by atoms with Crippen LogP contribution in [0.3, 0.4) is 0 Å². The van der Waals surface area contributed by atoms with E-state index in [4.69, 9.17) is 32.7 Å². The highest BCUT2D eigenvalue weighted by molar-refractivity contribution is 6.42. The van der Waals surface area contributed by atoms with E-state index in [0.717, 1.165) is 19.4 Å². The van der Waals surface area contributed by atoms with Crippen LogP contribution in [-0.4, -0.2) is 37.7 Å². The molecule has 120 valence electrons. The van der Waals surface area contributed by atoms with Gasteiger partial charge in [0, 0.05) is 13.2 Å². The summed E-state index contributed by atoms with van der Waals surface area (Å²) in [6.45, 7) is 0.884. The van der Waals surface area contributed by atoms with Gasteiger partial charge in [0.1, 0.15) is 0 Å². The number of amides is 1. The summed E-state index contributed by atoms with van der Waals surface area (Å²) in [6.07, 6.45) is 2.06. The molecule has 0 aliphatic carbocycles. The highest BCUT2D eigenvalue weighted by Crippen LogP contribution is 2.22. The summed E-state index contributed by atoms with van der Waals surface area (Å²) in [5, 5.41) is 3.48. The molecule has 1 aliphatic heterocycles. The third-order valence-electron chi connectivity index (χ3n) is 3.25. The molecule has 1 aromatic carbocycles. The van der Waals surface area contributed by atoms with E-state index in [-0.39, 0.29) is 25.0 Å². The zero-order valence-electron chi connectivity index (χ0n) is 11.9. The van der Waals surface area contributed by atoms with Crippen LogP contribution < -0.4 is 5.32 Å². The molecule has 2 rings (SSSR count). The van der Waals surface area contributed by atoms with Crippen molar-refractivity contribution in [2.45, 2.75) is 25.4 Å². The summed E-state index contributed by atoms with van der Waals surface area (Å²) in [5.74, 6) is -0.830. The van der Waals surface area contributed by atoms with Gasteiger partial charge in [-0.05, 0) is 30.5 Å². The van der Waals surface area contributed by atoms with Crippen molar-refractivity contribution in [3.05, 3.63) is 33.8 Å². The number of ether oxygens (including phenoxy) is 2. The van der Waals surface area contributed by atoms with Crippen molar-refractivity contribution >= 4 is 35.1 Å². The van der Waals surface area contributed by atoms with Gasteiger partial charge in [-0.3, -0.25) is 9.59 Å². The van der Waals surface area contributed by atoms with E-state index < -0.39 is 5.97 Å². The number of carbonyl (C=O) groups excluding carboxylic acids is 2. The number of carbonyl (C=O) groups is 2. The Kier molecular flexibility index (Phi) is 6.49. The first-order chi connectivity index (χ1) is 10.5. The van der Waals surface area contributed by atoms with Gasteiger partial charge in [0.2, 0.25) is 0 Å². The number of benzene rings is 1. The number of halogens is 2. The minimum atomic E-state index is -0.495. The SMILES string of the molecule is O=C(COC(=O)Cc1ccc(Cl)c(Cl)c1)NC[C@H]1CCCO1. The van der Waals surface area contributed by atoms with Crippen molar-refractivity contribution in [2.75, 3.05) is 19.8 Å². The Labute approximate surface area is 138 Å². The molecule has 0 unspecified atom stereocenters. The Morgan fingerprint density at radius 3 is 2.82 bits per heavy atom. The molecule has 1 amide bonds. The molecule has 1 aromatic rings. The van der Waals surface area contributed by atoms with Crippen LogP contribution >= 0.6 is 23.2 Å². The van der Waals surface area contributed by atoms with Crippen LogP contribution in [0.15, 0.2) is 18.2 Å². The fourth-order valence-electron chi connectivity index (χ4n) is 2.10. The number of hydrogen-bond acceptors (Lipinski definition) is 4. The summed E-state index contributed by atoms with van der Waals surface area (Å²) in [6, 6.07) is 4.90. The highest BCUT2D eigenvalue weighted by Gasteiger charge is 2.16. The molecule has 0 radical (unpaired) electrons. The normalized spacial score (nSPS) is 17.3. The fourth-order valence-corrected chi connectivity index (χ4v) is 2.42. The van der Waals surface area contributed by atoms with Gasteiger partial charge in [-0.15, -0.1) is 0 Å². The Morgan fingerprint density at radius 1 is 1.32 bits per heavy atom. The molecule has 22 heavy (non-hydrogen) atoms. The lowest BCUT2D eigenvalue weighted by atomic mass is 10.1. The first kappa shape index (κ1) is 17.1. The van der Waals surface area contributed by atoms with E-state index in [1.807, 2.05) is 0 Å². The molecule has 5 nitrogen and oxygen atoms in total. The van der Waals surface area contributed by atoms with Crippen molar-refractivity contribution in [3.8, 4) is 0 Å². The van der Waals surface area contributed by atoms with Gasteiger partial charge in [-0.2, -0.15) is 0 Å². The summed E-state index contributed by atoms with van der Waals surface area (Å²) in [4.78, 5) is 23.2. The van der Waals surface area contributed by atoms with E-state index >= 15 is 0 Å². The summed E-state index contributed by atoms with van der Waals surface area (Å²) in [7, 11) is 0. The van der Waals surface area contributed by atoms with E-state index in [2.05, 4.69) is 5.32 Å². The van der Waals surface area contributed by atoms with Gasteiger partial charge in [0.15, 0.2) is 6.61 Å². The summed E-state index contributed by atoms with van der Waals surface area (Å²) >= 11 is 11.7. The predicted octanol–water partition coefficient (Wildman–Crippen LogP) is 2.37. The lowest BCUT2D eigenvalue weighted by molar-refractivity contribution is -0.148. The first-order valence-corrected chi connectivity index (χ1v) is 7.78. The van der Waals surface area contributed by atoms with Gasteiger partial charge in [0.05, 0.1) is 22.6 Å². The van der Waals surface area contributed by atoms with Crippen molar-refractivity contribution in [3.63, 3.8) is 0 Å². The van der Waals surface area contributed by atoms with Crippen LogP contribution in [-0.2, 0) is 25.5 Å². The van der Waals surface area contributed by atoms with Crippen LogP contribution in [0.25, 0.3) is 0 Å². The van der Waals surface area contributed by atoms with Crippen molar-refractivity contribution in [1.29, 1.82) is 0 Å². The number of rotatable bonds is 6. The largest absolute Gasteiger partial charge is 0.455 e. The lowest BCUT2D eigenvalue weighted by Gasteiger charge is -2.11. The molecule has 0 saturated carbocycles.